The first-order valence-electron chi connectivity index (χ1n) is 9.76. The number of anilines is 2. The number of para-hydroxylation sites is 1. The summed E-state index contributed by atoms with van der Waals surface area (Å²) >= 11 is 0. The number of hydrogen-bond donors (Lipinski definition) is 2. The van der Waals surface area contributed by atoms with E-state index in [0.717, 1.165) is 23.2 Å². The van der Waals surface area contributed by atoms with Gasteiger partial charge < -0.3 is 15.4 Å². The van der Waals surface area contributed by atoms with Crippen molar-refractivity contribution in [2.75, 3.05) is 10.6 Å². The van der Waals surface area contributed by atoms with Crippen molar-refractivity contribution in [3.8, 4) is 0 Å². The molecule has 0 bridgehead atoms. The number of rotatable bonds is 8. The molecule has 2 amide bonds. The molecule has 0 heterocycles. The van der Waals surface area contributed by atoms with Crippen LogP contribution in [0, 0.1) is 0 Å². The van der Waals surface area contributed by atoms with Gasteiger partial charge in [-0.05, 0) is 48.6 Å². The quantitative estimate of drug-likeness (QED) is 0.653. The van der Waals surface area contributed by atoms with Gasteiger partial charge in [-0.3, -0.25) is 14.4 Å². The molecule has 6 nitrogen and oxygen atoms in total. The summed E-state index contributed by atoms with van der Waals surface area (Å²) < 4.78 is 5.29. The number of carbonyl (C=O) groups excluding carboxylic acids is 3. The Labute approximate surface area is 171 Å². The van der Waals surface area contributed by atoms with Crippen molar-refractivity contribution in [2.24, 2.45) is 0 Å². The van der Waals surface area contributed by atoms with E-state index in [-0.39, 0.29) is 18.2 Å². The van der Waals surface area contributed by atoms with Crippen LogP contribution in [0.15, 0.2) is 48.5 Å². The molecule has 2 rings (SSSR count). The molecule has 0 fully saturated rings. The Morgan fingerprint density at radius 2 is 1.62 bits per heavy atom. The van der Waals surface area contributed by atoms with Gasteiger partial charge in [0.15, 0.2) is 6.10 Å². The van der Waals surface area contributed by atoms with Gasteiger partial charge in [-0.2, -0.15) is 0 Å². The average molecular weight is 396 g/mol. The van der Waals surface area contributed by atoms with E-state index in [0.29, 0.717) is 11.6 Å². The highest BCUT2D eigenvalue weighted by Crippen LogP contribution is 2.26. The van der Waals surface area contributed by atoms with Crippen LogP contribution in [0.5, 0.6) is 0 Å². The number of nitrogens with one attached hydrogen (secondary N) is 2. The fourth-order valence-electron chi connectivity index (χ4n) is 2.86. The largest absolute Gasteiger partial charge is 0.452 e. The Morgan fingerprint density at radius 3 is 2.24 bits per heavy atom. The van der Waals surface area contributed by atoms with Crippen molar-refractivity contribution in [1.29, 1.82) is 0 Å². The molecule has 2 aromatic carbocycles. The molecule has 0 aromatic heterocycles. The van der Waals surface area contributed by atoms with Crippen LogP contribution in [-0.2, 0) is 25.5 Å². The van der Waals surface area contributed by atoms with Gasteiger partial charge in [0.05, 0.1) is 6.42 Å². The SMILES string of the molecule is CC[C@@H](C)c1ccccc1NC(=O)[C@H](C)OC(=O)Cc1ccc(NC(C)=O)cc1. The molecule has 2 aromatic rings. The maximum atomic E-state index is 12.5. The van der Waals surface area contributed by atoms with Crippen molar-refractivity contribution in [2.45, 2.75) is 52.6 Å². The van der Waals surface area contributed by atoms with E-state index < -0.39 is 12.1 Å². The van der Waals surface area contributed by atoms with Crippen molar-refractivity contribution >= 4 is 29.2 Å². The molecule has 0 spiro atoms. The smallest absolute Gasteiger partial charge is 0.311 e. The van der Waals surface area contributed by atoms with Gasteiger partial charge in [-0.15, -0.1) is 0 Å². The van der Waals surface area contributed by atoms with E-state index in [4.69, 9.17) is 4.74 Å². The summed E-state index contributed by atoms with van der Waals surface area (Å²) in [5, 5.41) is 5.53. The summed E-state index contributed by atoms with van der Waals surface area (Å²) in [6, 6.07) is 14.5. The fraction of sp³-hybridized carbons (Fsp3) is 0.348. The number of carbonyl (C=O) groups is 3. The van der Waals surface area contributed by atoms with Crippen LogP contribution < -0.4 is 10.6 Å². The number of amides is 2. The molecule has 29 heavy (non-hydrogen) atoms. The molecule has 2 N–H and O–H groups in total. The minimum atomic E-state index is -0.911. The van der Waals surface area contributed by atoms with Crippen LogP contribution in [0.25, 0.3) is 0 Å². The molecule has 0 aliphatic heterocycles. The van der Waals surface area contributed by atoms with E-state index in [1.165, 1.54) is 6.92 Å². The first-order chi connectivity index (χ1) is 13.8. The molecule has 0 saturated heterocycles. The van der Waals surface area contributed by atoms with Crippen molar-refractivity contribution in [3.63, 3.8) is 0 Å². The second kappa shape index (κ2) is 10.4. The third-order valence-corrected chi connectivity index (χ3v) is 4.66. The molecule has 0 aliphatic rings. The lowest BCUT2D eigenvalue weighted by Gasteiger charge is -2.18. The van der Waals surface area contributed by atoms with Crippen LogP contribution >= 0.6 is 0 Å². The van der Waals surface area contributed by atoms with Gasteiger partial charge in [-0.25, -0.2) is 0 Å². The summed E-state index contributed by atoms with van der Waals surface area (Å²) in [7, 11) is 0. The van der Waals surface area contributed by atoms with E-state index in [2.05, 4.69) is 24.5 Å². The van der Waals surface area contributed by atoms with Crippen molar-refractivity contribution in [3.05, 3.63) is 59.7 Å². The van der Waals surface area contributed by atoms with Gasteiger partial charge in [0.2, 0.25) is 5.91 Å². The van der Waals surface area contributed by atoms with Crippen LogP contribution in [0.1, 0.15) is 51.2 Å². The summed E-state index contributed by atoms with van der Waals surface area (Å²) in [5.74, 6) is -0.707. The molecular weight excluding hydrogens is 368 g/mol. The molecule has 0 unspecified atom stereocenters. The first-order valence-corrected chi connectivity index (χ1v) is 9.76. The maximum absolute atomic E-state index is 12.5. The Bertz CT molecular complexity index is 861. The van der Waals surface area contributed by atoms with Crippen LogP contribution in [-0.4, -0.2) is 23.9 Å². The molecular formula is C23H28N2O4. The number of hydrogen-bond acceptors (Lipinski definition) is 4. The fourth-order valence-corrected chi connectivity index (χ4v) is 2.86. The minimum absolute atomic E-state index is 0.0431. The highest BCUT2D eigenvalue weighted by Gasteiger charge is 2.20. The van der Waals surface area contributed by atoms with E-state index in [1.807, 2.05) is 24.3 Å². The summed E-state index contributed by atoms with van der Waals surface area (Å²) in [4.78, 5) is 35.7. The summed E-state index contributed by atoms with van der Waals surface area (Å²) in [5.41, 5.74) is 3.19. The standard InChI is InChI=1S/C23H28N2O4/c1-5-15(2)20-8-6-7-9-21(20)25-23(28)16(3)29-22(27)14-18-10-12-19(13-11-18)24-17(4)26/h6-13,15-16H,5,14H2,1-4H3,(H,24,26)(H,25,28)/t15-,16+/m1/s1. The second-order valence-corrected chi connectivity index (χ2v) is 7.07. The predicted molar refractivity (Wildman–Crippen MR) is 114 cm³/mol. The Morgan fingerprint density at radius 1 is 0.966 bits per heavy atom. The number of benzene rings is 2. The molecule has 6 heteroatoms. The lowest BCUT2D eigenvalue weighted by atomic mass is 9.97. The normalized spacial score (nSPS) is 12.6. The van der Waals surface area contributed by atoms with Crippen molar-refractivity contribution < 1.29 is 19.1 Å². The van der Waals surface area contributed by atoms with Crippen LogP contribution in [0.4, 0.5) is 11.4 Å². The highest BCUT2D eigenvalue weighted by atomic mass is 16.5. The molecule has 0 saturated carbocycles. The van der Waals surface area contributed by atoms with Gasteiger partial charge in [0.1, 0.15) is 0 Å². The topological polar surface area (TPSA) is 84.5 Å². The Hall–Kier alpha value is -3.15. The number of esters is 1. The zero-order valence-corrected chi connectivity index (χ0v) is 17.3. The van der Waals surface area contributed by atoms with Crippen LogP contribution in [0.3, 0.4) is 0 Å². The second-order valence-electron chi connectivity index (χ2n) is 7.07. The first kappa shape index (κ1) is 22.1. The maximum Gasteiger partial charge on any atom is 0.311 e. The third kappa shape index (κ3) is 6.75. The van der Waals surface area contributed by atoms with Gasteiger partial charge >= 0.3 is 5.97 Å². The summed E-state index contributed by atoms with van der Waals surface area (Å²) in [6.07, 6.45) is 0.0886. The van der Waals surface area contributed by atoms with Gasteiger partial charge in [-0.1, -0.05) is 44.2 Å². The highest BCUT2D eigenvalue weighted by molar-refractivity contribution is 5.96. The van der Waals surface area contributed by atoms with E-state index in [9.17, 15) is 14.4 Å². The lowest BCUT2D eigenvalue weighted by molar-refractivity contribution is -0.152. The third-order valence-electron chi connectivity index (χ3n) is 4.66. The molecule has 0 radical (unpaired) electrons. The monoisotopic (exact) mass is 396 g/mol. The van der Waals surface area contributed by atoms with E-state index in [1.54, 1.807) is 31.2 Å². The van der Waals surface area contributed by atoms with Crippen molar-refractivity contribution in [1.82, 2.24) is 0 Å². The van der Waals surface area contributed by atoms with Gasteiger partial charge in [0, 0.05) is 18.3 Å². The number of ether oxygens (including phenoxy) is 1. The van der Waals surface area contributed by atoms with E-state index >= 15 is 0 Å². The Kier molecular flexibility index (Phi) is 7.95. The predicted octanol–water partition coefficient (Wildman–Crippen LogP) is 4.27. The van der Waals surface area contributed by atoms with Gasteiger partial charge in [0.25, 0.3) is 5.91 Å². The molecule has 154 valence electrons. The Balaban J connectivity index is 1.92. The minimum Gasteiger partial charge on any atom is -0.452 e. The zero-order valence-electron chi connectivity index (χ0n) is 17.3. The summed E-state index contributed by atoms with van der Waals surface area (Å²) in [6.45, 7) is 7.18. The molecule has 0 aliphatic carbocycles. The zero-order chi connectivity index (χ0) is 21.4. The molecule has 2 atom stereocenters. The lowest BCUT2D eigenvalue weighted by Crippen LogP contribution is -2.30. The van der Waals surface area contributed by atoms with Crippen LogP contribution in [0.2, 0.25) is 0 Å². The average Bonchev–Trinajstić information content (AvgIpc) is 2.68.